The Kier molecular flexibility index (Phi) is 3.20. The Morgan fingerprint density at radius 2 is 1.94 bits per heavy atom. The van der Waals surface area contributed by atoms with Crippen LogP contribution < -0.4 is 10.5 Å². The Morgan fingerprint density at radius 1 is 1.18 bits per heavy atom. The van der Waals surface area contributed by atoms with E-state index < -0.39 is 5.82 Å². The summed E-state index contributed by atoms with van der Waals surface area (Å²) in [6, 6.07) is 9.33. The lowest BCUT2D eigenvalue weighted by Gasteiger charge is -2.09. The first kappa shape index (κ1) is 11.7. The number of hydrogen-bond donors (Lipinski definition) is 1. The van der Waals surface area contributed by atoms with Crippen molar-refractivity contribution >= 4 is 17.3 Å². The van der Waals surface area contributed by atoms with Gasteiger partial charge in [-0.2, -0.15) is 0 Å². The van der Waals surface area contributed by atoms with Crippen LogP contribution in [0.2, 0.25) is 5.02 Å². The number of hydrogen-bond acceptors (Lipinski definition) is 2. The fourth-order valence-corrected chi connectivity index (χ4v) is 1.73. The van der Waals surface area contributed by atoms with Crippen LogP contribution in [-0.4, -0.2) is 0 Å². The van der Waals surface area contributed by atoms with E-state index in [2.05, 4.69) is 0 Å². The minimum atomic E-state index is -0.397. The van der Waals surface area contributed by atoms with Gasteiger partial charge in [0.1, 0.15) is 17.3 Å². The first-order valence-corrected chi connectivity index (χ1v) is 5.42. The molecule has 88 valence electrons. The molecule has 2 aromatic carbocycles. The summed E-state index contributed by atoms with van der Waals surface area (Å²) in [6.07, 6.45) is 0. The molecule has 4 heteroatoms. The summed E-state index contributed by atoms with van der Waals surface area (Å²) in [5.74, 6) is 0.584. The maximum Gasteiger partial charge on any atom is 0.146 e. The molecule has 2 aromatic rings. The Labute approximate surface area is 104 Å². The summed E-state index contributed by atoms with van der Waals surface area (Å²) in [5.41, 5.74) is 7.30. The second-order valence-electron chi connectivity index (χ2n) is 3.76. The van der Waals surface area contributed by atoms with Gasteiger partial charge in [-0.25, -0.2) is 4.39 Å². The first-order valence-electron chi connectivity index (χ1n) is 5.04. The molecule has 0 aliphatic rings. The average Bonchev–Trinajstić information content (AvgIpc) is 2.21. The molecule has 2 N–H and O–H groups in total. The van der Waals surface area contributed by atoms with Gasteiger partial charge < -0.3 is 10.5 Å². The lowest BCUT2D eigenvalue weighted by molar-refractivity contribution is 0.481. The highest BCUT2D eigenvalue weighted by Crippen LogP contribution is 2.31. The number of rotatable bonds is 2. The molecule has 0 atom stereocenters. The highest BCUT2D eigenvalue weighted by molar-refractivity contribution is 6.32. The van der Waals surface area contributed by atoms with Crippen LogP contribution in [0.4, 0.5) is 10.1 Å². The van der Waals surface area contributed by atoms with Gasteiger partial charge in [-0.15, -0.1) is 0 Å². The molecule has 0 aliphatic carbocycles. The summed E-state index contributed by atoms with van der Waals surface area (Å²) in [6.45, 7) is 1.91. The van der Waals surface area contributed by atoms with Crippen LogP contribution in [0.3, 0.4) is 0 Å². The predicted molar refractivity (Wildman–Crippen MR) is 67.1 cm³/mol. The molecule has 0 aliphatic heterocycles. The zero-order valence-corrected chi connectivity index (χ0v) is 9.96. The predicted octanol–water partition coefficient (Wildman–Crippen LogP) is 4.16. The van der Waals surface area contributed by atoms with Gasteiger partial charge in [0.2, 0.25) is 0 Å². The minimum absolute atomic E-state index is 0.227. The van der Waals surface area contributed by atoms with Crippen molar-refractivity contribution in [3.63, 3.8) is 0 Å². The second kappa shape index (κ2) is 4.63. The Morgan fingerprint density at radius 3 is 2.59 bits per heavy atom. The molecule has 0 unspecified atom stereocenters. The average molecular weight is 252 g/mol. The second-order valence-corrected chi connectivity index (χ2v) is 4.16. The number of nitrogen functional groups attached to an aromatic ring is 1. The van der Waals surface area contributed by atoms with Crippen molar-refractivity contribution in [3.8, 4) is 11.5 Å². The van der Waals surface area contributed by atoms with Crippen LogP contribution in [0.5, 0.6) is 11.5 Å². The van der Waals surface area contributed by atoms with Gasteiger partial charge in [-0.3, -0.25) is 0 Å². The van der Waals surface area contributed by atoms with E-state index in [1.807, 2.05) is 19.1 Å². The molecule has 0 fully saturated rings. The summed E-state index contributed by atoms with van der Waals surface area (Å²) >= 11 is 5.86. The monoisotopic (exact) mass is 251 g/mol. The molecule has 0 spiro atoms. The molecule has 17 heavy (non-hydrogen) atoms. The standard InChI is InChI=1S/C13H11ClFNO/c1-8-4-10(16)7-11(5-8)17-13-3-2-9(15)6-12(13)14/h2-7H,16H2,1H3. The van der Waals surface area contributed by atoms with E-state index in [1.54, 1.807) is 6.07 Å². The minimum Gasteiger partial charge on any atom is -0.456 e. The van der Waals surface area contributed by atoms with Crippen LogP contribution >= 0.6 is 11.6 Å². The van der Waals surface area contributed by atoms with Gasteiger partial charge in [0.05, 0.1) is 5.02 Å². The number of ether oxygens (including phenoxy) is 1. The van der Waals surface area contributed by atoms with E-state index in [9.17, 15) is 4.39 Å². The highest BCUT2D eigenvalue weighted by atomic mass is 35.5. The third kappa shape index (κ3) is 2.88. The number of benzene rings is 2. The summed E-state index contributed by atoms with van der Waals surface area (Å²) in [5, 5.41) is 0.227. The fraction of sp³-hybridized carbons (Fsp3) is 0.0769. The Balaban J connectivity index is 2.31. The van der Waals surface area contributed by atoms with Crippen molar-refractivity contribution in [2.75, 3.05) is 5.73 Å². The van der Waals surface area contributed by atoms with Crippen molar-refractivity contribution in [3.05, 3.63) is 52.8 Å². The van der Waals surface area contributed by atoms with Crippen molar-refractivity contribution in [1.82, 2.24) is 0 Å². The van der Waals surface area contributed by atoms with Gasteiger partial charge in [0.15, 0.2) is 0 Å². The third-order valence-electron chi connectivity index (χ3n) is 2.19. The molecule has 2 rings (SSSR count). The van der Waals surface area contributed by atoms with E-state index in [1.165, 1.54) is 18.2 Å². The summed E-state index contributed by atoms with van der Waals surface area (Å²) in [4.78, 5) is 0. The van der Waals surface area contributed by atoms with E-state index >= 15 is 0 Å². The molecular formula is C13H11ClFNO. The third-order valence-corrected chi connectivity index (χ3v) is 2.49. The molecule has 0 bridgehead atoms. The van der Waals surface area contributed by atoms with E-state index in [0.29, 0.717) is 17.2 Å². The SMILES string of the molecule is Cc1cc(N)cc(Oc2ccc(F)cc2Cl)c1. The van der Waals surface area contributed by atoms with Gasteiger partial charge in [-0.1, -0.05) is 11.6 Å². The largest absolute Gasteiger partial charge is 0.456 e. The quantitative estimate of drug-likeness (QED) is 0.814. The highest BCUT2D eigenvalue weighted by Gasteiger charge is 2.05. The van der Waals surface area contributed by atoms with Crippen LogP contribution in [0.25, 0.3) is 0 Å². The molecule has 2 nitrogen and oxygen atoms in total. The zero-order chi connectivity index (χ0) is 12.4. The van der Waals surface area contributed by atoms with Gasteiger partial charge in [0, 0.05) is 11.8 Å². The first-order chi connectivity index (χ1) is 8.04. The maximum absolute atomic E-state index is 12.9. The lowest BCUT2D eigenvalue weighted by atomic mass is 10.2. The molecule has 0 saturated carbocycles. The molecule has 0 aromatic heterocycles. The molecule has 0 heterocycles. The van der Waals surface area contributed by atoms with Crippen molar-refractivity contribution in [1.29, 1.82) is 0 Å². The van der Waals surface area contributed by atoms with Gasteiger partial charge in [-0.05, 0) is 42.8 Å². The fourth-order valence-electron chi connectivity index (χ4n) is 1.52. The van der Waals surface area contributed by atoms with Crippen molar-refractivity contribution < 1.29 is 9.13 Å². The number of halogens is 2. The van der Waals surface area contributed by atoms with Gasteiger partial charge >= 0.3 is 0 Å². The normalized spacial score (nSPS) is 10.3. The number of nitrogens with two attached hydrogens (primary N) is 1. The zero-order valence-electron chi connectivity index (χ0n) is 9.21. The molecule has 0 saturated heterocycles. The smallest absolute Gasteiger partial charge is 0.146 e. The van der Waals surface area contributed by atoms with Crippen LogP contribution in [-0.2, 0) is 0 Å². The van der Waals surface area contributed by atoms with Gasteiger partial charge in [0.25, 0.3) is 0 Å². The van der Waals surface area contributed by atoms with Crippen LogP contribution in [0, 0.1) is 12.7 Å². The van der Waals surface area contributed by atoms with Crippen LogP contribution in [0.15, 0.2) is 36.4 Å². The van der Waals surface area contributed by atoms with E-state index in [0.717, 1.165) is 5.56 Å². The number of aryl methyl sites for hydroxylation is 1. The molecular weight excluding hydrogens is 241 g/mol. The topological polar surface area (TPSA) is 35.2 Å². The maximum atomic E-state index is 12.9. The van der Waals surface area contributed by atoms with Crippen molar-refractivity contribution in [2.45, 2.75) is 6.92 Å². The molecule has 0 amide bonds. The molecule has 0 radical (unpaired) electrons. The lowest BCUT2D eigenvalue weighted by Crippen LogP contribution is -1.90. The van der Waals surface area contributed by atoms with E-state index in [-0.39, 0.29) is 5.02 Å². The van der Waals surface area contributed by atoms with E-state index in [4.69, 9.17) is 22.1 Å². The number of anilines is 1. The Hall–Kier alpha value is -1.74. The van der Waals surface area contributed by atoms with Crippen LogP contribution in [0.1, 0.15) is 5.56 Å². The summed E-state index contributed by atoms with van der Waals surface area (Å²) < 4.78 is 18.4. The summed E-state index contributed by atoms with van der Waals surface area (Å²) in [7, 11) is 0. The Bertz CT molecular complexity index is 537. The van der Waals surface area contributed by atoms with Crippen molar-refractivity contribution in [2.24, 2.45) is 0 Å².